The van der Waals surface area contributed by atoms with Gasteiger partial charge >= 0.3 is 0 Å². The summed E-state index contributed by atoms with van der Waals surface area (Å²) < 4.78 is 0. The van der Waals surface area contributed by atoms with Crippen molar-refractivity contribution in [2.75, 3.05) is 11.4 Å². The molecule has 0 unspecified atom stereocenters. The zero-order valence-corrected chi connectivity index (χ0v) is 11.7. The Morgan fingerprint density at radius 1 is 1.16 bits per heavy atom. The topological polar surface area (TPSA) is 27.0 Å². The van der Waals surface area contributed by atoms with E-state index in [1.165, 1.54) is 49.8 Å². The average molecular weight is 254 g/mol. The highest BCUT2D eigenvalue weighted by Gasteiger charge is 2.33. The monoisotopic (exact) mass is 254 g/mol. The minimum absolute atomic E-state index is 0.678. The summed E-state index contributed by atoms with van der Waals surface area (Å²) in [5, 5.41) is 9.39. The molecule has 3 rings (SSSR count). The van der Waals surface area contributed by atoms with Gasteiger partial charge in [-0.05, 0) is 56.2 Å². The zero-order chi connectivity index (χ0) is 13.2. The number of nitriles is 1. The second-order valence-corrected chi connectivity index (χ2v) is 6.08. The number of hydrogen-bond donors (Lipinski definition) is 0. The number of benzene rings is 1. The van der Waals surface area contributed by atoms with Crippen molar-refractivity contribution in [2.24, 2.45) is 5.92 Å². The molecule has 0 bridgehead atoms. The van der Waals surface area contributed by atoms with Crippen LogP contribution >= 0.6 is 0 Å². The van der Waals surface area contributed by atoms with Crippen LogP contribution in [0.25, 0.3) is 0 Å². The molecule has 0 N–H and O–H groups in total. The van der Waals surface area contributed by atoms with Gasteiger partial charge < -0.3 is 4.90 Å². The molecule has 100 valence electrons. The Morgan fingerprint density at radius 3 is 2.79 bits per heavy atom. The van der Waals surface area contributed by atoms with Gasteiger partial charge in [-0.3, -0.25) is 0 Å². The summed E-state index contributed by atoms with van der Waals surface area (Å²) in [5.41, 5.74) is 3.20. The predicted molar refractivity (Wildman–Crippen MR) is 78.2 cm³/mol. The van der Waals surface area contributed by atoms with E-state index in [2.05, 4.69) is 30.0 Å². The van der Waals surface area contributed by atoms with Gasteiger partial charge in [0.1, 0.15) is 6.07 Å². The fourth-order valence-corrected chi connectivity index (χ4v) is 3.91. The number of aryl methyl sites for hydroxylation is 1. The second kappa shape index (κ2) is 5.25. The molecule has 0 spiro atoms. The van der Waals surface area contributed by atoms with Crippen molar-refractivity contribution in [3.63, 3.8) is 0 Å². The summed E-state index contributed by atoms with van der Waals surface area (Å²) in [6.45, 7) is 3.18. The molecule has 1 heterocycles. The van der Waals surface area contributed by atoms with E-state index in [0.29, 0.717) is 6.04 Å². The minimum atomic E-state index is 0.678. The third-order valence-electron chi connectivity index (χ3n) is 4.83. The van der Waals surface area contributed by atoms with Gasteiger partial charge in [0.2, 0.25) is 0 Å². The molecular formula is C17H22N2. The number of nitrogens with zero attached hydrogens (tertiary/aromatic N) is 2. The Kier molecular flexibility index (Phi) is 3.46. The lowest BCUT2D eigenvalue weighted by atomic mass is 9.78. The number of rotatable bonds is 1. The van der Waals surface area contributed by atoms with Gasteiger partial charge in [0.25, 0.3) is 0 Å². The molecule has 2 fully saturated rings. The highest BCUT2D eigenvalue weighted by molar-refractivity contribution is 5.61. The van der Waals surface area contributed by atoms with Gasteiger partial charge in [-0.15, -0.1) is 0 Å². The van der Waals surface area contributed by atoms with Crippen LogP contribution in [0.15, 0.2) is 18.2 Å². The smallest absolute Gasteiger partial charge is 0.101 e. The van der Waals surface area contributed by atoms with Gasteiger partial charge in [0, 0.05) is 12.6 Å². The van der Waals surface area contributed by atoms with E-state index in [-0.39, 0.29) is 0 Å². The quantitative estimate of drug-likeness (QED) is 0.756. The van der Waals surface area contributed by atoms with Crippen LogP contribution < -0.4 is 4.90 Å². The van der Waals surface area contributed by atoms with Crippen LogP contribution in [0.1, 0.15) is 49.7 Å². The van der Waals surface area contributed by atoms with Crippen LogP contribution in [0.2, 0.25) is 0 Å². The van der Waals surface area contributed by atoms with Crippen LogP contribution in [0.4, 0.5) is 5.69 Å². The first-order valence-electron chi connectivity index (χ1n) is 7.57. The lowest BCUT2D eigenvalue weighted by molar-refractivity contribution is 0.244. The molecule has 2 aliphatic rings. The second-order valence-electron chi connectivity index (χ2n) is 6.08. The summed E-state index contributed by atoms with van der Waals surface area (Å²) in [5.74, 6) is 0.857. The Hall–Kier alpha value is -1.49. The van der Waals surface area contributed by atoms with Crippen LogP contribution in [-0.2, 0) is 0 Å². The highest BCUT2D eigenvalue weighted by Crippen LogP contribution is 2.38. The van der Waals surface area contributed by atoms with Gasteiger partial charge in [-0.25, -0.2) is 0 Å². The van der Waals surface area contributed by atoms with Crippen molar-refractivity contribution in [1.82, 2.24) is 0 Å². The first-order chi connectivity index (χ1) is 9.29. The fourth-order valence-electron chi connectivity index (χ4n) is 3.91. The molecule has 2 heteroatoms. The molecule has 2 atom stereocenters. The van der Waals surface area contributed by atoms with Gasteiger partial charge in [-0.2, -0.15) is 5.26 Å². The van der Waals surface area contributed by atoms with E-state index in [4.69, 9.17) is 0 Å². The Bertz CT molecular complexity index is 498. The van der Waals surface area contributed by atoms with E-state index in [1.54, 1.807) is 0 Å². The number of hydrogen-bond acceptors (Lipinski definition) is 2. The maximum Gasteiger partial charge on any atom is 0.101 e. The highest BCUT2D eigenvalue weighted by atomic mass is 15.2. The van der Waals surface area contributed by atoms with E-state index in [0.717, 1.165) is 18.0 Å². The van der Waals surface area contributed by atoms with Crippen molar-refractivity contribution < 1.29 is 0 Å². The van der Waals surface area contributed by atoms with Gasteiger partial charge in [-0.1, -0.05) is 18.9 Å². The molecule has 1 saturated carbocycles. The molecule has 1 saturated heterocycles. The Labute approximate surface area is 116 Å². The van der Waals surface area contributed by atoms with Gasteiger partial charge in [0.15, 0.2) is 0 Å². The van der Waals surface area contributed by atoms with E-state index < -0.39 is 0 Å². The number of anilines is 1. The summed E-state index contributed by atoms with van der Waals surface area (Å²) in [6.07, 6.45) is 8.10. The minimum Gasteiger partial charge on any atom is -0.367 e. The lowest BCUT2D eigenvalue weighted by Gasteiger charge is -2.45. The molecular weight excluding hydrogens is 232 g/mol. The van der Waals surface area contributed by atoms with Crippen LogP contribution in [-0.4, -0.2) is 12.6 Å². The Balaban J connectivity index is 1.94. The number of piperidine rings is 1. The lowest BCUT2D eigenvalue weighted by Crippen LogP contribution is -2.47. The van der Waals surface area contributed by atoms with Crippen molar-refractivity contribution >= 4 is 5.69 Å². The first-order valence-corrected chi connectivity index (χ1v) is 7.57. The summed E-state index contributed by atoms with van der Waals surface area (Å²) in [6, 6.07) is 9.39. The van der Waals surface area contributed by atoms with Gasteiger partial charge in [0.05, 0.1) is 11.3 Å². The van der Waals surface area contributed by atoms with Crippen LogP contribution in [0.5, 0.6) is 0 Å². The summed E-state index contributed by atoms with van der Waals surface area (Å²) in [7, 11) is 0. The third-order valence-corrected chi connectivity index (χ3v) is 4.83. The molecule has 2 nitrogen and oxygen atoms in total. The van der Waals surface area contributed by atoms with Crippen molar-refractivity contribution in [1.29, 1.82) is 5.26 Å². The normalized spacial score (nSPS) is 26.6. The van der Waals surface area contributed by atoms with E-state index in [9.17, 15) is 5.26 Å². The maximum absolute atomic E-state index is 9.39. The molecule has 1 aliphatic carbocycles. The zero-order valence-electron chi connectivity index (χ0n) is 11.7. The molecule has 0 radical (unpaired) electrons. The van der Waals surface area contributed by atoms with Crippen LogP contribution in [0, 0.1) is 24.2 Å². The van der Waals surface area contributed by atoms with Crippen molar-refractivity contribution in [3.8, 4) is 6.07 Å². The Morgan fingerprint density at radius 2 is 1.95 bits per heavy atom. The number of fused-ring (bicyclic) bond motifs is 1. The standard InChI is InChI=1S/C17H22N2/c1-13-8-9-17(15(11-13)12-18)19-10-4-6-14-5-2-3-7-16(14)19/h8-9,11,14,16H,2-7,10H2,1H3/t14-,16-/m1/s1. The summed E-state index contributed by atoms with van der Waals surface area (Å²) in [4.78, 5) is 2.53. The van der Waals surface area contributed by atoms with Crippen LogP contribution in [0.3, 0.4) is 0 Å². The van der Waals surface area contributed by atoms with E-state index in [1.807, 2.05) is 6.07 Å². The average Bonchev–Trinajstić information content (AvgIpc) is 2.46. The fraction of sp³-hybridized carbons (Fsp3) is 0.588. The third kappa shape index (κ3) is 2.34. The van der Waals surface area contributed by atoms with Crippen molar-refractivity contribution in [2.45, 2.75) is 51.5 Å². The molecule has 19 heavy (non-hydrogen) atoms. The molecule has 1 aliphatic heterocycles. The largest absolute Gasteiger partial charge is 0.367 e. The molecule has 1 aromatic carbocycles. The molecule has 0 amide bonds. The SMILES string of the molecule is Cc1ccc(N2CCC[C@H]3CCCC[C@H]32)c(C#N)c1. The van der Waals surface area contributed by atoms with Crippen molar-refractivity contribution in [3.05, 3.63) is 29.3 Å². The summed E-state index contributed by atoms with van der Waals surface area (Å²) >= 11 is 0. The predicted octanol–water partition coefficient (Wildman–Crippen LogP) is 4.03. The molecule has 0 aromatic heterocycles. The molecule has 1 aromatic rings. The van der Waals surface area contributed by atoms with E-state index >= 15 is 0 Å². The maximum atomic E-state index is 9.39. The first kappa shape index (κ1) is 12.5.